The minimum absolute atomic E-state index is 0.124. The van der Waals surface area contributed by atoms with Crippen LogP contribution in [0.1, 0.15) is 27.8 Å². The number of fused-ring (bicyclic) bond motifs is 6. The van der Waals surface area contributed by atoms with Crippen LogP contribution < -0.4 is 0 Å². The van der Waals surface area contributed by atoms with Crippen LogP contribution in [-0.2, 0) is 12.4 Å². The number of aryl methyl sites for hydroxylation is 2. The van der Waals surface area contributed by atoms with Crippen molar-refractivity contribution in [3.05, 3.63) is 167 Å². The lowest BCUT2D eigenvalue weighted by Gasteiger charge is -2.19. The van der Waals surface area contributed by atoms with Crippen LogP contribution in [0.3, 0.4) is 0 Å². The summed E-state index contributed by atoms with van der Waals surface area (Å²) in [4.78, 5) is 0. The number of rotatable bonds is 4. The minimum atomic E-state index is -5.02. The van der Waals surface area contributed by atoms with E-state index in [1.165, 1.54) is 6.07 Å². The SMILES string of the molecule is Cc1ccc2c(c1)c1ccccc1n2-c1ccc(C#N)c(-c2cc(-c3cc(C(F)(F)F)cc(C(F)(F)F)c3)ccc2-n2c3ccccc3c3cc(C)ccc32)c1. The highest BCUT2D eigenvalue weighted by Crippen LogP contribution is 2.43. The predicted molar refractivity (Wildman–Crippen MR) is 210 cm³/mol. The Balaban J connectivity index is 1.38. The Morgan fingerprint density at radius 2 is 1.00 bits per heavy atom. The number of hydrogen-bond acceptors (Lipinski definition) is 1. The molecule has 9 heteroatoms. The maximum Gasteiger partial charge on any atom is 0.416 e. The quantitative estimate of drug-likeness (QED) is 0.165. The summed E-state index contributed by atoms with van der Waals surface area (Å²) >= 11 is 0. The first-order valence-corrected chi connectivity index (χ1v) is 17.8. The molecule has 0 N–H and O–H groups in total. The summed E-state index contributed by atoms with van der Waals surface area (Å²) in [5.74, 6) is 0. The van der Waals surface area contributed by atoms with Crippen molar-refractivity contribution in [3.63, 3.8) is 0 Å². The van der Waals surface area contributed by atoms with E-state index in [1.807, 2.05) is 103 Å². The molecule has 2 aromatic heterocycles. The molecule has 0 fully saturated rings. The summed E-state index contributed by atoms with van der Waals surface area (Å²) in [6, 6.07) is 42.2. The Bertz CT molecular complexity index is 3070. The highest BCUT2D eigenvalue weighted by atomic mass is 19.4. The maximum absolute atomic E-state index is 14.1. The topological polar surface area (TPSA) is 33.6 Å². The molecule has 2 heterocycles. The summed E-state index contributed by atoms with van der Waals surface area (Å²) in [5, 5.41) is 14.6. The van der Waals surface area contributed by atoms with Crippen molar-refractivity contribution in [1.29, 1.82) is 5.26 Å². The molecule has 0 aliphatic carbocycles. The Morgan fingerprint density at radius 3 is 1.57 bits per heavy atom. The Morgan fingerprint density at radius 1 is 0.464 bits per heavy atom. The van der Waals surface area contributed by atoms with Gasteiger partial charge in [-0.2, -0.15) is 31.6 Å². The molecule has 0 amide bonds. The van der Waals surface area contributed by atoms with E-state index < -0.39 is 23.5 Å². The van der Waals surface area contributed by atoms with Gasteiger partial charge in [0, 0.05) is 38.4 Å². The fraction of sp³-hybridized carbons (Fsp3) is 0.0851. The van der Waals surface area contributed by atoms with Crippen LogP contribution in [0.25, 0.3) is 77.2 Å². The maximum atomic E-state index is 14.1. The van der Waals surface area contributed by atoms with Gasteiger partial charge in [0.15, 0.2) is 0 Å². The molecule has 9 rings (SSSR count). The first kappa shape index (κ1) is 34.9. The highest BCUT2D eigenvalue weighted by Gasteiger charge is 2.37. The summed E-state index contributed by atoms with van der Waals surface area (Å²) < 4.78 is 88.6. The Hall–Kier alpha value is -6.79. The van der Waals surface area contributed by atoms with Crippen molar-refractivity contribution in [1.82, 2.24) is 9.13 Å². The molecular formula is C47H29F6N3. The Kier molecular flexibility index (Phi) is 7.89. The first-order valence-electron chi connectivity index (χ1n) is 17.8. The van der Waals surface area contributed by atoms with Gasteiger partial charge >= 0.3 is 12.4 Å². The average molecular weight is 750 g/mol. The molecule has 3 nitrogen and oxygen atoms in total. The monoisotopic (exact) mass is 749 g/mol. The van der Waals surface area contributed by atoms with E-state index in [1.54, 1.807) is 18.2 Å². The third kappa shape index (κ3) is 5.68. The number of halogens is 6. The van der Waals surface area contributed by atoms with Crippen molar-refractivity contribution in [2.24, 2.45) is 0 Å². The number of aromatic nitrogens is 2. The van der Waals surface area contributed by atoms with Gasteiger partial charge in [0.2, 0.25) is 0 Å². The third-order valence-corrected chi connectivity index (χ3v) is 10.5. The largest absolute Gasteiger partial charge is 0.416 e. The van der Waals surface area contributed by atoms with E-state index in [0.717, 1.165) is 72.6 Å². The van der Waals surface area contributed by atoms with Gasteiger partial charge in [0.05, 0.1) is 50.5 Å². The number of nitrogens with zero attached hydrogens (tertiary/aromatic N) is 3. The molecular weight excluding hydrogens is 721 g/mol. The van der Waals surface area contributed by atoms with Crippen LogP contribution in [0.5, 0.6) is 0 Å². The van der Waals surface area contributed by atoms with E-state index in [0.29, 0.717) is 16.8 Å². The summed E-state index contributed by atoms with van der Waals surface area (Å²) in [5.41, 5.74) is 5.23. The number of benzene rings is 7. The van der Waals surface area contributed by atoms with Gasteiger partial charge < -0.3 is 9.13 Å². The first-order chi connectivity index (χ1) is 26.8. The molecule has 0 unspecified atom stereocenters. The zero-order chi connectivity index (χ0) is 39.1. The van der Waals surface area contributed by atoms with Gasteiger partial charge in [-0.25, -0.2) is 0 Å². The lowest BCUT2D eigenvalue weighted by atomic mass is 9.92. The van der Waals surface area contributed by atoms with Crippen LogP contribution in [-0.4, -0.2) is 9.13 Å². The second-order valence-corrected chi connectivity index (χ2v) is 14.1. The lowest BCUT2D eigenvalue weighted by molar-refractivity contribution is -0.143. The van der Waals surface area contributed by atoms with Gasteiger partial charge in [-0.15, -0.1) is 0 Å². The van der Waals surface area contributed by atoms with Crippen molar-refractivity contribution in [2.75, 3.05) is 0 Å². The van der Waals surface area contributed by atoms with Crippen molar-refractivity contribution < 1.29 is 26.3 Å². The molecule has 9 aromatic rings. The summed E-state index contributed by atoms with van der Waals surface area (Å²) in [6.07, 6.45) is -10.0. The fourth-order valence-corrected chi connectivity index (χ4v) is 7.95. The van der Waals surface area contributed by atoms with Crippen LogP contribution in [0.15, 0.2) is 140 Å². The number of nitriles is 1. The number of hydrogen-bond donors (Lipinski definition) is 0. The number of alkyl halides is 6. The molecule has 0 spiro atoms. The van der Waals surface area contributed by atoms with E-state index in [2.05, 4.69) is 22.8 Å². The molecule has 274 valence electrons. The van der Waals surface area contributed by atoms with Crippen LogP contribution >= 0.6 is 0 Å². The van der Waals surface area contributed by atoms with Crippen molar-refractivity contribution in [3.8, 4) is 39.7 Å². The molecule has 0 radical (unpaired) electrons. The summed E-state index contributed by atoms with van der Waals surface area (Å²) in [7, 11) is 0. The van der Waals surface area contributed by atoms with Gasteiger partial charge in [0.1, 0.15) is 0 Å². The molecule has 0 bridgehead atoms. The molecule has 0 saturated heterocycles. The molecule has 0 aliphatic rings. The van der Waals surface area contributed by atoms with E-state index in [9.17, 15) is 31.6 Å². The lowest BCUT2D eigenvalue weighted by Crippen LogP contribution is -2.11. The number of para-hydroxylation sites is 2. The van der Waals surface area contributed by atoms with Crippen LogP contribution in [0.2, 0.25) is 0 Å². The van der Waals surface area contributed by atoms with Crippen molar-refractivity contribution >= 4 is 43.6 Å². The van der Waals surface area contributed by atoms with Crippen molar-refractivity contribution in [2.45, 2.75) is 26.2 Å². The zero-order valence-electron chi connectivity index (χ0n) is 29.9. The Labute approximate surface area is 316 Å². The molecule has 0 aliphatic heterocycles. The standard InChI is InChI=1S/C47H29F6N3/c1-27-11-16-43-38(19-27)35-7-3-5-9-41(35)55(43)34-15-13-30(26-54)37(25-34)40-23-29(31-21-32(46(48,49)50)24-33(22-31)47(51,52)53)14-18-45(40)56-42-10-6-4-8-36(42)39-20-28(2)12-17-44(39)56/h3-25H,1-2H3. The van der Waals surface area contributed by atoms with Crippen LogP contribution in [0, 0.1) is 25.2 Å². The van der Waals surface area contributed by atoms with Gasteiger partial charge in [-0.1, -0.05) is 65.7 Å². The minimum Gasteiger partial charge on any atom is -0.309 e. The predicted octanol–water partition coefficient (Wildman–Crippen LogP) is 13.7. The zero-order valence-corrected chi connectivity index (χ0v) is 29.9. The highest BCUT2D eigenvalue weighted by molar-refractivity contribution is 6.11. The normalized spacial score (nSPS) is 12.3. The smallest absolute Gasteiger partial charge is 0.309 e. The molecule has 0 atom stereocenters. The average Bonchev–Trinajstić information content (AvgIpc) is 3.68. The van der Waals surface area contributed by atoms with Gasteiger partial charge in [-0.05, 0) is 110 Å². The second kappa shape index (κ2) is 12.6. The van der Waals surface area contributed by atoms with Crippen LogP contribution in [0.4, 0.5) is 26.3 Å². The van der Waals surface area contributed by atoms with Gasteiger partial charge in [-0.3, -0.25) is 0 Å². The summed E-state index contributed by atoms with van der Waals surface area (Å²) in [6.45, 7) is 4.02. The fourth-order valence-electron chi connectivity index (χ4n) is 7.95. The second-order valence-electron chi connectivity index (χ2n) is 14.1. The van der Waals surface area contributed by atoms with E-state index in [-0.39, 0.29) is 22.8 Å². The van der Waals surface area contributed by atoms with E-state index >= 15 is 0 Å². The van der Waals surface area contributed by atoms with Gasteiger partial charge in [0.25, 0.3) is 0 Å². The van der Waals surface area contributed by atoms with E-state index in [4.69, 9.17) is 0 Å². The molecule has 56 heavy (non-hydrogen) atoms. The molecule has 0 saturated carbocycles. The third-order valence-electron chi connectivity index (χ3n) is 10.5. The molecule has 7 aromatic carbocycles.